The third kappa shape index (κ3) is 2.29. The fourth-order valence-electron chi connectivity index (χ4n) is 1.24. The fraction of sp³-hybridized carbons (Fsp3) is 0.556. The minimum atomic E-state index is -2.06. The van der Waals surface area contributed by atoms with Crippen molar-refractivity contribution < 1.29 is 8.76 Å². The van der Waals surface area contributed by atoms with E-state index >= 15 is 0 Å². The van der Waals surface area contributed by atoms with Gasteiger partial charge in [-0.2, -0.15) is 0 Å². The molecule has 0 radical (unpaired) electrons. The largest absolute Gasteiger partial charge is 0.768 e. The zero-order valence-electron chi connectivity index (χ0n) is 7.32. The second-order valence-corrected chi connectivity index (χ2v) is 4.28. The van der Waals surface area contributed by atoms with Crippen LogP contribution < -0.4 is 0 Å². The van der Waals surface area contributed by atoms with Gasteiger partial charge in [0.15, 0.2) is 0 Å². The summed E-state index contributed by atoms with van der Waals surface area (Å²) in [4.78, 5) is 0.423. The lowest BCUT2D eigenvalue weighted by atomic mass is 9.90. The van der Waals surface area contributed by atoms with E-state index in [1.54, 1.807) is 12.2 Å². The molecule has 0 aromatic carbocycles. The molecular formula is C9H13O2S-. The van der Waals surface area contributed by atoms with Crippen LogP contribution in [0, 0.1) is 11.8 Å². The molecule has 0 aromatic heterocycles. The first-order chi connectivity index (χ1) is 5.61. The fourth-order valence-corrected chi connectivity index (χ4v) is 1.66. The molecule has 2 atom stereocenters. The van der Waals surface area contributed by atoms with Gasteiger partial charge in [-0.1, -0.05) is 32.1 Å². The normalized spacial score (nSPS) is 25.7. The van der Waals surface area contributed by atoms with Crippen LogP contribution in [0.4, 0.5) is 0 Å². The lowest BCUT2D eigenvalue weighted by molar-refractivity contribution is 0.466. The lowest BCUT2D eigenvalue weighted by Gasteiger charge is -2.20. The summed E-state index contributed by atoms with van der Waals surface area (Å²) < 4.78 is 21.0. The van der Waals surface area contributed by atoms with Gasteiger partial charge in [0.1, 0.15) is 0 Å². The van der Waals surface area contributed by atoms with E-state index in [0.717, 1.165) is 6.42 Å². The zero-order chi connectivity index (χ0) is 9.14. The molecule has 68 valence electrons. The van der Waals surface area contributed by atoms with Gasteiger partial charge in [-0.3, -0.25) is 4.21 Å². The zero-order valence-corrected chi connectivity index (χ0v) is 8.14. The van der Waals surface area contributed by atoms with Gasteiger partial charge >= 0.3 is 0 Å². The van der Waals surface area contributed by atoms with Crippen LogP contribution in [0.3, 0.4) is 0 Å². The monoisotopic (exact) mass is 185 g/mol. The molecule has 0 spiro atoms. The van der Waals surface area contributed by atoms with Gasteiger partial charge in [0.05, 0.1) is 0 Å². The van der Waals surface area contributed by atoms with E-state index in [1.807, 2.05) is 6.08 Å². The highest BCUT2D eigenvalue weighted by Crippen LogP contribution is 2.23. The van der Waals surface area contributed by atoms with E-state index in [-0.39, 0.29) is 0 Å². The molecule has 0 saturated heterocycles. The van der Waals surface area contributed by atoms with Crippen LogP contribution in [-0.2, 0) is 11.1 Å². The third-order valence-electron chi connectivity index (χ3n) is 2.15. The number of hydrogen-bond donors (Lipinski definition) is 0. The van der Waals surface area contributed by atoms with Crippen LogP contribution >= 0.6 is 0 Å². The van der Waals surface area contributed by atoms with E-state index in [2.05, 4.69) is 13.8 Å². The SMILES string of the molecule is CC(C)C1C=CC(S(=O)[O-])=CC1. The average Bonchev–Trinajstić information content (AvgIpc) is 2.04. The van der Waals surface area contributed by atoms with Gasteiger partial charge in [-0.05, 0) is 29.3 Å². The molecule has 0 N–H and O–H groups in total. The molecule has 1 rings (SSSR count). The molecule has 1 aliphatic rings. The Bertz CT molecular complexity index is 241. The number of hydrogen-bond acceptors (Lipinski definition) is 2. The van der Waals surface area contributed by atoms with Crippen molar-refractivity contribution in [1.29, 1.82) is 0 Å². The summed E-state index contributed by atoms with van der Waals surface area (Å²) in [5, 5.41) is 0. The van der Waals surface area contributed by atoms with Crippen LogP contribution in [0.5, 0.6) is 0 Å². The standard InChI is InChI=1S/C9H14O2S/c1-7(2)8-3-5-9(6-4-8)12(10)11/h3,5-8H,4H2,1-2H3,(H,10,11)/p-1. The first-order valence-corrected chi connectivity index (χ1v) is 5.16. The van der Waals surface area contributed by atoms with Gasteiger partial charge in [0.25, 0.3) is 0 Å². The molecule has 0 saturated carbocycles. The molecule has 0 fully saturated rings. The van der Waals surface area contributed by atoms with E-state index in [1.165, 1.54) is 0 Å². The first-order valence-electron chi connectivity index (χ1n) is 4.09. The molecule has 0 bridgehead atoms. The summed E-state index contributed by atoms with van der Waals surface area (Å²) in [7, 11) is 0. The summed E-state index contributed by atoms with van der Waals surface area (Å²) in [5.74, 6) is 1.08. The Balaban J connectivity index is 2.61. The molecule has 12 heavy (non-hydrogen) atoms. The minimum absolute atomic E-state index is 0.423. The predicted molar refractivity (Wildman–Crippen MR) is 49.1 cm³/mol. The first kappa shape index (κ1) is 9.68. The predicted octanol–water partition coefficient (Wildman–Crippen LogP) is 1.98. The minimum Gasteiger partial charge on any atom is -0.768 e. The summed E-state index contributed by atoms with van der Waals surface area (Å²) in [6, 6.07) is 0. The number of allylic oxidation sites excluding steroid dienone is 3. The van der Waals surface area contributed by atoms with Crippen molar-refractivity contribution in [2.45, 2.75) is 20.3 Å². The molecule has 1 aliphatic carbocycles. The van der Waals surface area contributed by atoms with Crippen molar-refractivity contribution in [3.63, 3.8) is 0 Å². The maximum absolute atomic E-state index is 10.5. The highest BCUT2D eigenvalue weighted by molar-refractivity contribution is 7.83. The Labute approximate surface area is 75.7 Å². The molecule has 0 aliphatic heterocycles. The Kier molecular flexibility index (Phi) is 3.23. The Morgan fingerprint density at radius 1 is 1.67 bits per heavy atom. The van der Waals surface area contributed by atoms with Crippen LogP contribution in [0.2, 0.25) is 0 Å². The Morgan fingerprint density at radius 2 is 2.33 bits per heavy atom. The van der Waals surface area contributed by atoms with Crippen molar-refractivity contribution in [2.75, 3.05) is 0 Å². The topological polar surface area (TPSA) is 40.1 Å². The van der Waals surface area contributed by atoms with Crippen molar-refractivity contribution in [2.24, 2.45) is 11.8 Å². The van der Waals surface area contributed by atoms with E-state index in [4.69, 9.17) is 0 Å². The summed E-state index contributed by atoms with van der Waals surface area (Å²) in [6.45, 7) is 4.28. The van der Waals surface area contributed by atoms with Crippen molar-refractivity contribution in [3.8, 4) is 0 Å². The maximum atomic E-state index is 10.5. The lowest BCUT2D eigenvalue weighted by Crippen LogP contribution is -2.08. The van der Waals surface area contributed by atoms with Gasteiger partial charge in [0, 0.05) is 4.91 Å². The van der Waals surface area contributed by atoms with Gasteiger partial charge in [0.2, 0.25) is 0 Å². The molecule has 0 amide bonds. The van der Waals surface area contributed by atoms with Crippen molar-refractivity contribution in [1.82, 2.24) is 0 Å². The molecular weight excluding hydrogens is 172 g/mol. The van der Waals surface area contributed by atoms with E-state index < -0.39 is 11.1 Å². The second kappa shape index (κ2) is 4.01. The Morgan fingerprint density at radius 3 is 2.67 bits per heavy atom. The van der Waals surface area contributed by atoms with Gasteiger partial charge in [-0.15, -0.1) is 0 Å². The number of rotatable bonds is 2. The molecule has 0 aromatic rings. The Hall–Kier alpha value is -0.410. The summed E-state index contributed by atoms with van der Waals surface area (Å²) in [5.41, 5.74) is 0. The van der Waals surface area contributed by atoms with Gasteiger partial charge < -0.3 is 4.55 Å². The third-order valence-corrected chi connectivity index (χ3v) is 2.84. The summed E-state index contributed by atoms with van der Waals surface area (Å²) >= 11 is -2.06. The molecule has 0 heterocycles. The van der Waals surface area contributed by atoms with Gasteiger partial charge in [-0.25, -0.2) is 0 Å². The van der Waals surface area contributed by atoms with Crippen LogP contribution in [0.25, 0.3) is 0 Å². The molecule has 3 heteroatoms. The van der Waals surface area contributed by atoms with E-state index in [9.17, 15) is 8.76 Å². The van der Waals surface area contributed by atoms with Crippen LogP contribution in [-0.4, -0.2) is 8.76 Å². The smallest absolute Gasteiger partial charge is 0.0206 e. The highest BCUT2D eigenvalue weighted by atomic mass is 32.2. The second-order valence-electron chi connectivity index (χ2n) is 3.34. The van der Waals surface area contributed by atoms with Crippen molar-refractivity contribution >= 4 is 11.1 Å². The maximum Gasteiger partial charge on any atom is 0.0206 e. The average molecular weight is 185 g/mol. The molecule has 2 nitrogen and oxygen atoms in total. The summed E-state index contributed by atoms with van der Waals surface area (Å²) in [6.07, 6.45) is 6.30. The quantitative estimate of drug-likeness (QED) is 0.617. The molecule has 2 unspecified atom stereocenters. The van der Waals surface area contributed by atoms with Crippen LogP contribution in [0.15, 0.2) is 23.1 Å². The highest BCUT2D eigenvalue weighted by Gasteiger charge is 2.11. The van der Waals surface area contributed by atoms with Crippen molar-refractivity contribution in [3.05, 3.63) is 23.1 Å². The van der Waals surface area contributed by atoms with E-state index in [0.29, 0.717) is 16.7 Å². The van der Waals surface area contributed by atoms with Crippen LogP contribution in [0.1, 0.15) is 20.3 Å².